The molecule has 22 heavy (non-hydrogen) atoms. The van der Waals surface area contributed by atoms with Gasteiger partial charge in [-0.05, 0) is 6.07 Å². The number of nitrogens with zero attached hydrogens (tertiary/aromatic N) is 4. The van der Waals surface area contributed by atoms with Crippen molar-refractivity contribution in [2.24, 2.45) is 14.1 Å². The molecule has 0 amide bonds. The van der Waals surface area contributed by atoms with Gasteiger partial charge in [-0.1, -0.05) is 18.2 Å². The number of nitriles is 1. The van der Waals surface area contributed by atoms with Gasteiger partial charge in [0.1, 0.15) is 17.7 Å². The molecule has 1 aromatic heterocycles. The summed E-state index contributed by atoms with van der Waals surface area (Å²) in [4.78, 5) is 25.6. The highest BCUT2D eigenvalue weighted by Crippen LogP contribution is 2.17. The Bertz CT molecular complexity index is 877. The molecule has 0 unspecified atom stereocenters. The van der Waals surface area contributed by atoms with Gasteiger partial charge >= 0.3 is 5.69 Å². The van der Waals surface area contributed by atoms with E-state index in [1.807, 2.05) is 6.07 Å². The molecular formula is C15H15FN4O2. The first-order valence-electron chi connectivity index (χ1n) is 6.53. The summed E-state index contributed by atoms with van der Waals surface area (Å²) in [6, 6.07) is 8.04. The summed E-state index contributed by atoms with van der Waals surface area (Å²) in [6.45, 7) is 0.127. The molecular weight excluding hydrogens is 287 g/mol. The van der Waals surface area contributed by atoms with Crippen LogP contribution >= 0.6 is 0 Å². The highest BCUT2D eigenvalue weighted by molar-refractivity contribution is 5.53. The molecule has 1 heterocycles. The third-order valence-corrected chi connectivity index (χ3v) is 3.47. The molecule has 0 aliphatic rings. The smallest absolute Gasteiger partial charge is 0.332 e. The standard InChI is InChI=1S/C15H15FN4O2/c1-18(9-10-6-4-5-7-12(10)16)13-11(8-17)14(21)20(3)15(22)19(13)2/h4-7H,9H2,1-3H3. The maximum absolute atomic E-state index is 13.7. The summed E-state index contributed by atoms with van der Waals surface area (Å²) in [6.07, 6.45) is 0. The molecule has 0 spiro atoms. The van der Waals surface area contributed by atoms with E-state index in [0.717, 1.165) is 4.57 Å². The Morgan fingerprint density at radius 2 is 1.86 bits per heavy atom. The van der Waals surface area contributed by atoms with Crippen LogP contribution in [0.1, 0.15) is 11.1 Å². The number of benzene rings is 1. The van der Waals surface area contributed by atoms with Crippen molar-refractivity contribution in [3.8, 4) is 6.07 Å². The molecule has 0 N–H and O–H groups in total. The zero-order valence-electron chi connectivity index (χ0n) is 12.5. The van der Waals surface area contributed by atoms with Crippen molar-refractivity contribution in [3.63, 3.8) is 0 Å². The van der Waals surface area contributed by atoms with Crippen LogP contribution in [0.3, 0.4) is 0 Å². The summed E-state index contributed by atoms with van der Waals surface area (Å²) in [5, 5.41) is 9.23. The number of hydrogen-bond acceptors (Lipinski definition) is 4. The fraction of sp³-hybridized carbons (Fsp3) is 0.267. The van der Waals surface area contributed by atoms with Crippen LogP contribution in [-0.2, 0) is 20.6 Å². The molecule has 0 radical (unpaired) electrons. The van der Waals surface area contributed by atoms with E-state index in [1.165, 1.54) is 29.6 Å². The largest absolute Gasteiger partial charge is 0.355 e. The Hall–Kier alpha value is -2.88. The predicted octanol–water partition coefficient (Wildman–Crippen LogP) is 0.731. The first-order chi connectivity index (χ1) is 10.4. The van der Waals surface area contributed by atoms with Gasteiger partial charge in [0.05, 0.1) is 0 Å². The summed E-state index contributed by atoms with van der Waals surface area (Å²) < 4.78 is 15.8. The molecule has 6 nitrogen and oxygen atoms in total. The van der Waals surface area contributed by atoms with Crippen LogP contribution < -0.4 is 16.1 Å². The third-order valence-electron chi connectivity index (χ3n) is 3.47. The molecule has 1 aromatic carbocycles. The third kappa shape index (κ3) is 2.51. The van der Waals surface area contributed by atoms with Crippen molar-refractivity contribution in [1.29, 1.82) is 5.26 Å². The Labute approximate surface area is 126 Å². The minimum Gasteiger partial charge on any atom is -0.355 e. The molecule has 0 aliphatic carbocycles. The molecule has 114 valence electrons. The van der Waals surface area contributed by atoms with Crippen molar-refractivity contribution in [3.05, 3.63) is 62.0 Å². The Kier molecular flexibility index (Phi) is 4.13. The van der Waals surface area contributed by atoms with Gasteiger partial charge in [-0.2, -0.15) is 5.26 Å². The molecule has 0 fully saturated rings. The van der Waals surface area contributed by atoms with Gasteiger partial charge in [0, 0.05) is 33.3 Å². The lowest BCUT2D eigenvalue weighted by atomic mass is 10.2. The number of rotatable bonds is 3. The van der Waals surface area contributed by atoms with E-state index in [0.29, 0.717) is 5.56 Å². The second-order valence-corrected chi connectivity index (χ2v) is 4.96. The first-order valence-corrected chi connectivity index (χ1v) is 6.53. The zero-order valence-corrected chi connectivity index (χ0v) is 12.5. The van der Waals surface area contributed by atoms with Crippen LogP contribution in [0.15, 0.2) is 33.9 Å². The monoisotopic (exact) mass is 302 g/mol. The van der Waals surface area contributed by atoms with Crippen molar-refractivity contribution in [2.75, 3.05) is 11.9 Å². The van der Waals surface area contributed by atoms with Crippen LogP contribution in [0.25, 0.3) is 0 Å². The molecule has 2 aromatic rings. The van der Waals surface area contributed by atoms with E-state index in [1.54, 1.807) is 25.2 Å². The fourth-order valence-electron chi connectivity index (χ4n) is 2.34. The van der Waals surface area contributed by atoms with Crippen LogP contribution in [0, 0.1) is 17.1 Å². The summed E-state index contributed by atoms with van der Waals surface area (Å²) in [7, 11) is 4.38. The van der Waals surface area contributed by atoms with Crippen molar-refractivity contribution < 1.29 is 4.39 Å². The lowest BCUT2D eigenvalue weighted by Crippen LogP contribution is -2.41. The van der Waals surface area contributed by atoms with Crippen molar-refractivity contribution in [2.45, 2.75) is 6.54 Å². The summed E-state index contributed by atoms with van der Waals surface area (Å²) in [5.74, 6) is -0.222. The lowest BCUT2D eigenvalue weighted by Gasteiger charge is -2.23. The van der Waals surface area contributed by atoms with Gasteiger partial charge in [0.25, 0.3) is 5.56 Å². The Morgan fingerprint density at radius 1 is 1.23 bits per heavy atom. The minimum absolute atomic E-state index is 0.127. The number of aromatic nitrogens is 2. The van der Waals surface area contributed by atoms with Crippen molar-refractivity contribution in [1.82, 2.24) is 9.13 Å². The average Bonchev–Trinajstić information content (AvgIpc) is 2.50. The second kappa shape index (κ2) is 5.85. The predicted molar refractivity (Wildman–Crippen MR) is 80.1 cm³/mol. The average molecular weight is 302 g/mol. The quantitative estimate of drug-likeness (QED) is 0.838. The Balaban J connectivity index is 2.58. The number of halogens is 1. The SMILES string of the molecule is CN(Cc1ccccc1F)c1c(C#N)c(=O)n(C)c(=O)n1C. The molecule has 0 bridgehead atoms. The van der Waals surface area contributed by atoms with Gasteiger partial charge in [-0.3, -0.25) is 13.9 Å². The van der Waals surface area contributed by atoms with Gasteiger partial charge < -0.3 is 4.90 Å². The highest BCUT2D eigenvalue weighted by Gasteiger charge is 2.19. The maximum atomic E-state index is 13.7. The highest BCUT2D eigenvalue weighted by atomic mass is 19.1. The molecule has 2 rings (SSSR count). The molecule has 0 saturated heterocycles. The van der Waals surface area contributed by atoms with Crippen LogP contribution in [0.2, 0.25) is 0 Å². The number of anilines is 1. The number of hydrogen-bond donors (Lipinski definition) is 0. The van der Waals surface area contributed by atoms with E-state index in [-0.39, 0.29) is 23.7 Å². The van der Waals surface area contributed by atoms with Crippen LogP contribution in [0.5, 0.6) is 0 Å². The van der Waals surface area contributed by atoms with E-state index >= 15 is 0 Å². The summed E-state index contributed by atoms with van der Waals surface area (Å²) >= 11 is 0. The maximum Gasteiger partial charge on any atom is 0.332 e. The normalized spacial score (nSPS) is 10.3. The molecule has 0 saturated carbocycles. The topological polar surface area (TPSA) is 71.0 Å². The van der Waals surface area contributed by atoms with E-state index < -0.39 is 11.2 Å². The molecule has 7 heteroatoms. The lowest BCUT2D eigenvalue weighted by molar-refractivity contribution is 0.604. The van der Waals surface area contributed by atoms with Gasteiger partial charge in [0.2, 0.25) is 0 Å². The minimum atomic E-state index is -0.666. The molecule has 0 atom stereocenters. The second-order valence-electron chi connectivity index (χ2n) is 4.96. The van der Waals surface area contributed by atoms with E-state index in [2.05, 4.69) is 0 Å². The zero-order chi connectivity index (χ0) is 16.4. The van der Waals surface area contributed by atoms with Gasteiger partial charge in [0.15, 0.2) is 5.56 Å². The fourth-order valence-corrected chi connectivity index (χ4v) is 2.34. The van der Waals surface area contributed by atoms with E-state index in [4.69, 9.17) is 0 Å². The Morgan fingerprint density at radius 3 is 2.45 bits per heavy atom. The van der Waals surface area contributed by atoms with Crippen LogP contribution in [0.4, 0.5) is 10.2 Å². The summed E-state index contributed by atoms with van der Waals surface area (Å²) in [5.41, 5.74) is -0.953. The van der Waals surface area contributed by atoms with Gasteiger partial charge in [-0.15, -0.1) is 0 Å². The van der Waals surface area contributed by atoms with E-state index in [9.17, 15) is 19.2 Å². The first kappa shape index (κ1) is 15.5. The molecule has 0 aliphatic heterocycles. The van der Waals surface area contributed by atoms with Crippen LogP contribution in [-0.4, -0.2) is 16.2 Å². The van der Waals surface area contributed by atoms with Crippen molar-refractivity contribution >= 4 is 5.82 Å². The van der Waals surface area contributed by atoms with Gasteiger partial charge in [-0.25, -0.2) is 9.18 Å².